The number of nitrogens with one attached hydrogen (secondary N) is 1. The molecule has 3 atom stereocenters. The summed E-state index contributed by atoms with van der Waals surface area (Å²) in [6, 6.07) is 6.57. The molecule has 2 fully saturated rings. The van der Waals surface area contributed by atoms with E-state index < -0.39 is 0 Å². The van der Waals surface area contributed by atoms with E-state index in [1.54, 1.807) is 12.1 Å². The summed E-state index contributed by atoms with van der Waals surface area (Å²) in [5.41, 5.74) is 0.993. The topological polar surface area (TPSA) is 46.1 Å². The molecule has 0 bridgehead atoms. The van der Waals surface area contributed by atoms with Gasteiger partial charge < -0.3 is 19.7 Å². The van der Waals surface area contributed by atoms with Crippen LogP contribution in [0.3, 0.4) is 0 Å². The van der Waals surface area contributed by atoms with Crippen LogP contribution in [0.25, 0.3) is 0 Å². The van der Waals surface area contributed by atoms with Crippen molar-refractivity contribution >= 4 is 29.9 Å². The number of hydrogen-bond donors (Lipinski definition) is 1. The number of rotatable bonds is 4. The average molecular weight is 477 g/mol. The number of morpholine rings is 1. The van der Waals surface area contributed by atoms with Crippen molar-refractivity contribution in [3.05, 3.63) is 35.6 Å². The summed E-state index contributed by atoms with van der Waals surface area (Å²) in [6.07, 6.45) is 2.44. The van der Waals surface area contributed by atoms with E-state index in [2.05, 4.69) is 24.1 Å². The van der Waals surface area contributed by atoms with E-state index in [-0.39, 0.29) is 48.1 Å². The Morgan fingerprint density at radius 2 is 2.08 bits per heavy atom. The van der Waals surface area contributed by atoms with Crippen molar-refractivity contribution in [1.29, 1.82) is 0 Å². The van der Waals surface area contributed by atoms with Gasteiger partial charge in [0.2, 0.25) is 0 Å². The second kappa shape index (κ2) is 10.4. The van der Waals surface area contributed by atoms with Gasteiger partial charge in [0.1, 0.15) is 11.9 Å². The first-order valence-corrected chi connectivity index (χ1v) is 9.21. The molecule has 0 saturated carbocycles. The first-order chi connectivity index (χ1) is 12.2. The van der Waals surface area contributed by atoms with E-state index in [1.165, 1.54) is 12.1 Å². The number of benzene rings is 1. The molecule has 3 unspecified atom stereocenters. The lowest BCUT2D eigenvalue weighted by atomic mass is 10.1. The smallest absolute Gasteiger partial charge is 0.194 e. The third kappa shape index (κ3) is 5.79. The average Bonchev–Trinajstić information content (AvgIpc) is 3.12. The minimum Gasteiger partial charge on any atom is -0.376 e. The van der Waals surface area contributed by atoms with Crippen LogP contribution in [0.4, 0.5) is 4.39 Å². The number of nitrogens with zero attached hydrogens (tertiary/aromatic N) is 2. The summed E-state index contributed by atoms with van der Waals surface area (Å²) in [5, 5.41) is 3.38. The number of guanidine groups is 1. The normalized spacial score (nSPS) is 26.5. The summed E-state index contributed by atoms with van der Waals surface area (Å²) < 4.78 is 24.9. The van der Waals surface area contributed by atoms with Crippen molar-refractivity contribution in [2.24, 2.45) is 4.99 Å². The zero-order chi connectivity index (χ0) is 17.6. The Labute approximate surface area is 172 Å². The van der Waals surface area contributed by atoms with Gasteiger partial charge in [0, 0.05) is 19.7 Å². The highest BCUT2D eigenvalue weighted by molar-refractivity contribution is 14.0. The predicted octanol–water partition coefficient (Wildman–Crippen LogP) is 3.35. The third-order valence-electron chi connectivity index (χ3n) is 4.61. The standard InChI is InChI=1S/C19H28FN3O2.HI/c1-3-21-19(22-11-17-5-4-10-24-17)23-12-14(2)25-18(13-23)15-6-8-16(20)9-7-15;/h6-9,14,17-18H,3-5,10-13H2,1-2H3,(H,21,22);1H. The molecule has 0 radical (unpaired) electrons. The van der Waals surface area contributed by atoms with Crippen molar-refractivity contribution in [3.63, 3.8) is 0 Å². The van der Waals surface area contributed by atoms with Crippen LogP contribution in [0.15, 0.2) is 29.3 Å². The number of halogens is 2. The maximum atomic E-state index is 13.2. The summed E-state index contributed by atoms with van der Waals surface area (Å²) in [6.45, 7) is 7.97. The van der Waals surface area contributed by atoms with Gasteiger partial charge >= 0.3 is 0 Å². The van der Waals surface area contributed by atoms with Crippen LogP contribution in [0.5, 0.6) is 0 Å². The number of aliphatic imine (C=N–C) groups is 1. The predicted molar refractivity (Wildman–Crippen MR) is 112 cm³/mol. The van der Waals surface area contributed by atoms with Gasteiger partial charge in [-0.25, -0.2) is 4.39 Å². The van der Waals surface area contributed by atoms with Crippen molar-refractivity contribution in [3.8, 4) is 0 Å². The van der Waals surface area contributed by atoms with E-state index >= 15 is 0 Å². The van der Waals surface area contributed by atoms with Crippen LogP contribution in [0.1, 0.15) is 38.4 Å². The molecule has 26 heavy (non-hydrogen) atoms. The van der Waals surface area contributed by atoms with Gasteiger partial charge in [-0.2, -0.15) is 0 Å². The van der Waals surface area contributed by atoms with Crippen LogP contribution < -0.4 is 5.32 Å². The van der Waals surface area contributed by atoms with Gasteiger partial charge in [-0.15, -0.1) is 24.0 Å². The fourth-order valence-corrected chi connectivity index (χ4v) is 3.39. The van der Waals surface area contributed by atoms with Gasteiger partial charge in [0.25, 0.3) is 0 Å². The minimum absolute atomic E-state index is 0. The van der Waals surface area contributed by atoms with Crippen molar-refractivity contribution in [2.45, 2.75) is 45.0 Å². The van der Waals surface area contributed by atoms with E-state index in [0.29, 0.717) is 13.1 Å². The van der Waals surface area contributed by atoms with E-state index in [0.717, 1.165) is 44.1 Å². The molecule has 2 heterocycles. The first-order valence-electron chi connectivity index (χ1n) is 9.21. The van der Waals surface area contributed by atoms with Crippen LogP contribution in [-0.2, 0) is 9.47 Å². The lowest BCUT2D eigenvalue weighted by Gasteiger charge is -2.38. The number of ether oxygens (including phenoxy) is 2. The molecule has 2 aliphatic rings. The van der Waals surface area contributed by atoms with Gasteiger partial charge in [0.15, 0.2) is 5.96 Å². The van der Waals surface area contributed by atoms with E-state index in [4.69, 9.17) is 14.5 Å². The maximum absolute atomic E-state index is 13.2. The highest BCUT2D eigenvalue weighted by atomic mass is 127. The molecule has 0 aromatic heterocycles. The van der Waals surface area contributed by atoms with Gasteiger partial charge in [0.05, 0.1) is 25.3 Å². The fourth-order valence-electron chi connectivity index (χ4n) is 3.39. The molecule has 0 spiro atoms. The van der Waals surface area contributed by atoms with E-state index in [9.17, 15) is 4.39 Å². The maximum Gasteiger partial charge on any atom is 0.194 e. The Kier molecular flexibility index (Phi) is 8.56. The molecule has 1 N–H and O–H groups in total. The van der Waals surface area contributed by atoms with E-state index in [1.807, 2.05) is 0 Å². The fraction of sp³-hybridized carbons (Fsp3) is 0.632. The van der Waals surface area contributed by atoms with Gasteiger partial charge in [-0.3, -0.25) is 4.99 Å². The summed E-state index contributed by atoms with van der Waals surface area (Å²) in [7, 11) is 0. The van der Waals surface area contributed by atoms with Crippen LogP contribution in [-0.4, -0.2) is 55.9 Å². The van der Waals surface area contributed by atoms with Crippen molar-refractivity contribution in [1.82, 2.24) is 10.2 Å². The van der Waals surface area contributed by atoms with Gasteiger partial charge in [-0.05, 0) is 44.4 Å². The largest absolute Gasteiger partial charge is 0.376 e. The second-order valence-corrected chi connectivity index (χ2v) is 6.72. The Balaban J connectivity index is 0.00000243. The van der Waals surface area contributed by atoms with Crippen LogP contribution in [0.2, 0.25) is 0 Å². The highest BCUT2D eigenvalue weighted by Gasteiger charge is 2.28. The van der Waals surface area contributed by atoms with Gasteiger partial charge in [-0.1, -0.05) is 12.1 Å². The Bertz CT molecular complexity index is 579. The lowest BCUT2D eigenvalue weighted by Crippen LogP contribution is -2.51. The van der Waals surface area contributed by atoms with Crippen molar-refractivity contribution < 1.29 is 13.9 Å². The molecule has 2 saturated heterocycles. The van der Waals surface area contributed by atoms with Crippen LogP contribution in [0, 0.1) is 5.82 Å². The second-order valence-electron chi connectivity index (χ2n) is 6.72. The molecule has 0 aliphatic carbocycles. The van der Waals surface area contributed by atoms with Crippen molar-refractivity contribution in [2.75, 3.05) is 32.8 Å². The molecular weight excluding hydrogens is 448 g/mol. The molecule has 3 rings (SSSR count). The molecule has 7 heteroatoms. The first kappa shape index (κ1) is 21.4. The Morgan fingerprint density at radius 1 is 1.31 bits per heavy atom. The lowest BCUT2D eigenvalue weighted by molar-refractivity contribution is -0.0605. The SMILES string of the molecule is CCNC(=NCC1CCCO1)N1CC(C)OC(c2ccc(F)cc2)C1.I. The third-order valence-corrected chi connectivity index (χ3v) is 4.61. The molecule has 146 valence electrons. The summed E-state index contributed by atoms with van der Waals surface area (Å²) >= 11 is 0. The molecular formula is C19H29FIN3O2. The summed E-state index contributed by atoms with van der Waals surface area (Å²) in [5.74, 6) is 0.677. The number of hydrogen-bond acceptors (Lipinski definition) is 3. The monoisotopic (exact) mass is 477 g/mol. The zero-order valence-electron chi connectivity index (χ0n) is 15.5. The molecule has 1 aromatic carbocycles. The zero-order valence-corrected chi connectivity index (χ0v) is 17.8. The Hall–Kier alpha value is -0.930. The molecule has 1 aromatic rings. The highest BCUT2D eigenvalue weighted by Crippen LogP contribution is 2.25. The Morgan fingerprint density at radius 3 is 2.73 bits per heavy atom. The molecule has 2 aliphatic heterocycles. The van der Waals surface area contributed by atoms with Crippen LogP contribution >= 0.6 is 24.0 Å². The quantitative estimate of drug-likeness (QED) is 0.411. The molecule has 5 nitrogen and oxygen atoms in total. The minimum atomic E-state index is -0.226. The summed E-state index contributed by atoms with van der Waals surface area (Å²) in [4.78, 5) is 7.02. The molecule has 0 amide bonds.